The second-order valence-corrected chi connectivity index (χ2v) is 8.71. The molecule has 190 valence electrons. The molecule has 2 aliphatic rings. The van der Waals surface area contributed by atoms with Gasteiger partial charge in [0.25, 0.3) is 0 Å². The highest BCUT2D eigenvalue weighted by atomic mass is 19.2. The monoisotopic (exact) mass is 498 g/mol. The van der Waals surface area contributed by atoms with Crippen LogP contribution in [-0.2, 0) is 4.84 Å². The number of halogens is 3. The fourth-order valence-electron chi connectivity index (χ4n) is 4.53. The molecule has 2 aromatic carbocycles. The third kappa shape index (κ3) is 4.96. The van der Waals surface area contributed by atoms with Crippen LogP contribution in [0, 0.1) is 24.4 Å². The molecule has 0 unspecified atom stereocenters. The summed E-state index contributed by atoms with van der Waals surface area (Å²) >= 11 is 0. The Labute approximate surface area is 208 Å². The summed E-state index contributed by atoms with van der Waals surface area (Å²) in [4.78, 5) is 12.1. The van der Waals surface area contributed by atoms with Crippen molar-refractivity contribution in [3.63, 3.8) is 0 Å². The smallest absolute Gasteiger partial charge is 0.194 e. The fourth-order valence-corrected chi connectivity index (χ4v) is 4.53. The Morgan fingerprint density at radius 2 is 1.89 bits per heavy atom. The first-order chi connectivity index (χ1) is 16.9. The molecule has 6 nitrogen and oxygen atoms in total. The zero-order valence-electron chi connectivity index (χ0n) is 19.5. The topological polar surface area (TPSA) is 51.9 Å². The van der Waals surface area contributed by atoms with Crippen LogP contribution in [0.2, 0.25) is 0 Å². The molecular formula is C27H29F3N4O2. The van der Waals surface area contributed by atoms with Gasteiger partial charge in [0.15, 0.2) is 29.4 Å². The predicted octanol–water partition coefficient (Wildman–Crippen LogP) is 6.20. The van der Waals surface area contributed by atoms with Crippen molar-refractivity contribution in [3.05, 3.63) is 82.7 Å². The summed E-state index contributed by atoms with van der Waals surface area (Å²) in [7, 11) is 1.63. The molecule has 0 saturated carbocycles. The van der Waals surface area contributed by atoms with Crippen LogP contribution in [0.5, 0.6) is 5.75 Å². The number of aryl methyl sites for hydroxylation is 1. The van der Waals surface area contributed by atoms with E-state index in [1.807, 2.05) is 35.9 Å². The highest BCUT2D eigenvalue weighted by Gasteiger charge is 2.28. The van der Waals surface area contributed by atoms with E-state index in [1.165, 1.54) is 0 Å². The van der Waals surface area contributed by atoms with E-state index in [0.717, 1.165) is 54.0 Å². The van der Waals surface area contributed by atoms with Crippen LogP contribution in [-0.4, -0.2) is 40.5 Å². The third-order valence-corrected chi connectivity index (χ3v) is 6.30. The van der Waals surface area contributed by atoms with Crippen LogP contribution < -0.4 is 4.74 Å². The largest absolute Gasteiger partial charge is 0.495 e. The first-order valence-electron chi connectivity index (χ1n) is 11.5. The minimum Gasteiger partial charge on any atom is -0.495 e. The number of ether oxygens (including phenoxy) is 1. The number of aromatic nitrogens is 2. The lowest BCUT2D eigenvalue weighted by molar-refractivity contribution is 0.0570. The van der Waals surface area contributed by atoms with Crippen molar-refractivity contribution in [2.75, 3.05) is 20.2 Å². The van der Waals surface area contributed by atoms with Gasteiger partial charge >= 0.3 is 0 Å². The molecule has 0 spiro atoms. The van der Waals surface area contributed by atoms with Crippen molar-refractivity contribution < 1.29 is 22.7 Å². The highest BCUT2D eigenvalue weighted by molar-refractivity contribution is 6.02. The Balaban J connectivity index is 0.00000304. The highest BCUT2D eigenvalue weighted by Crippen LogP contribution is 2.32. The summed E-state index contributed by atoms with van der Waals surface area (Å²) in [5.74, 6) is -2.54. The van der Waals surface area contributed by atoms with Crippen LogP contribution >= 0.6 is 0 Å². The average molecular weight is 499 g/mol. The molecule has 2 aliphatic heterocycles. The van der Waals surface area contributed by atoms with Gasteiger partial charge in [0.05, 0.1) is 24.8 Å². The maximum Gasteiger partial charge on any atom is 0.194 e. The molecule has 9 heteroatoms. The molecule has 0 amide bonds. The van der Waals surface area contributed by atoms with Crippen LogP contribution in [0.25, 0.3) is 11.8 Å². The summed E-state index contributed by atoms with van der Waals surface area (Å²) < 4.78 is 48.4. The summed E-state index contributed by atoms with van der Waals surface area (Å²) in [6, 6.07) is 7.89. The molecule has 3 aromatic rings. The van der Waals surface area contributed by atoms with E-state index >= 15 is 0 Å². The molecule has 1 saturated heterocycles. The number of hydrogen-bond donors (Lipinski definition) is 0. The molecule has 0 radical (unpaired) electrons. The Morgan fingerprint density at radius 1 is 1.11 bits per heavy atom. The van der Waals surface area contributed by atoms with Gasteiger partial charge in [-0.25, -0.2) is 18.2 Å². The number of nitrogens with zero attached hydrogens (tertiary/aromatic N) is 4. The molecule has 1 aromatic heterocycles. The normalized spacial score (nSPS) is 18.6. The van der Waals surface area contributed by atoms with Gasteiger partial charge in [-0.1, -0.05) is 18.6 Å². The number of amidine groups is 1. The van der Waals surface area contributed by atoms with E-state index in [9.17, 15) is 13.2 Å². The molecule has 1 atom stereocenters. The van der Waals surface area contributed by atoms with Gasteiger partial charge in [-0.05, 0) is 61.2 Å². The quantitative estimate of drug-likeness (QED) is 0.402. The SMILES string of the molecule is C.COc1cc(/C=C2\CCCN3CC[C@@H](c4cc(F)c(F)c(F)c4)ON=C23)ccc1-n1cnc(C)c1. The maximum absolute atomic E-state index is 13.8. The molecule has 36 heavy (non-hydrogen) atoms. The average Bonchev–Trinajstić information content (AvgIpc) is 3.16. The number of benzene rings is 2. The zero-order valence-corrected chi connectivity index (χ0v) is 19.5. The Hall–Kier alpha value is -3.75. The molecule has 5 rings (SSSR count). The minimum atomic E-state index is -1.49. The van der Waals surface area contributed by atoms with Crippen LogP contribution in [0.3, 0.4) is 0 Å². The van der Waals surface area contributed by atoms with Gasteiger partial charge in [-0.2, -0.15) is 0 Å². The maximum atomic E-state index is 13.8. The fraction of sp³-hybridized carbons (Fsp3) is 0.333. The molecule has 1 fully saturated rings. The molecular weight excluding hydrogens is 469 g/mol. The first-order valence-corrected chi connectivity index (χ1v) is 11.5. The Morgan fingerprint density at radius 3 is 2.58 bits per heavy atom. The van der Waals surface area contributed by atoms with Crippen molar-refractivity contribution in [3.8, 4) is 11.4 Å². The number of oxime groups is 1. The number of piperidine rings is 1. The van der Waals surface area contributed by atoms with Crippen LogP contribution in [0.1, 0.15) is 49.6 Å². The lowest BCUT2D eigenvalue weighted by atomic mass is 9.99. The van der Waals surface area contributed by atoms with Gasteiger partial charge in [-0.15, -0.1) is 0 Å². The van der Waals surface area contributed by atoms with E-state index in [4.69, 9.17) is 9.57 Å². The van der Waals surface area contributed by atoms with Crippen molar-refractivity contribution in [2.45, 2.75) is 39.7 Å². The zero-order chi connectivity index (χ0) is 24.5. The summed E-state index contributed by atoms with van der Waals surface area (Å²) in [6.45, 7) is 3.34. The number of methoxy groups -OCH3 is 1. The van der Waals surface area contributed by atoms with Crippen LogP contribution in [0.15, 0.2) is 53.6 Å². The van der Waals surface area contributed by atoms with Gasteiger partial charge in [0.2, 0.25) is 0 Å². The Kier molecular flexibility index (Phi) is 7.37. The summed E-state index contributed by atoms with van der Waals surface area (Å²) in [5.41, 5.74) is 3.98. The van der Waals surface area contributed by atoms with E-state index < -0.39 is 23.6 Å². The number of hydrogen-bond acceptors (Lipinski definition) is 5. The first kappa shape index (κ1) is 25.3. The van der Waals surface area contributed by atoms with Gasteiger partial charge < -0.3 is 19.0 Å². The molecule has 0 N–H and O–H groups in total. The predicted molar refractivity (Wildman–Crippen MR) is 133 cm³/mol. The molecule has 0 bridgehead atoms. The van der Waals surface area contributed by atoms with E-state index in [0.29, 0.717) is 24.6 Å². The lowest BCUT2D eigenvalue weighted by Crippen LogP contribution is -2.37. The lowest BCUT2D eigenvalue weighted by Gasteiger charge is -2.29. The van der Waals surface area contributed by atoms with E-state index in [1.54, 1.807) is 13.4 Å². The van der Waals surface area contributed by atoms with Gasteiger partial charge in [-0.3, -0.25) is 0 Å². The molecule has 3 heterocycles. The van der Waals surface area contributed by atoms with Crippen LogP contribution in [0.4, 0.5) is 13.2 Å². The molecule has 0 aliphatic carbocycles. The minimum absolute atomic E-state index is 0. The Bertz CT molecular complexity index is 1300. The van der Waals surface area contributed by atoms with Crippen molar-refractivity contribution >= 4 is 11.9 Å². The van der Waals surface area contributed by atoms with Crippen molar-refractivity contribution in [2.24, 2.45) is 5.16 Å². The van der Waals surface area contributed by atoms with Crippen molar-refractivity contribution in [1.29, 1.82) is 0 Å². The van der Waals surface area contributed by atoms with Gasteiger partial charge in [0, 0.05) is 31.3 Å². The third-order valence-electron chi connectivity index (χ3n) is 6.30. The second-order valence-electron chi connectivity index (χ2n) is 8.71. The van der Waals surface area contributed by atoms with E-state index in [-0.39, 0.29) is 13.0 Å². The number of rotatable bonds is 4. The van der Waals surface area contributed by atoms with E-state index in [2.05, 4.69) is 21.1 Å². The number of imidazole rings is 1. The van der Waals surface area contributed by atoms with Gasteiger partial charge in [0.1, 0.15) is 5.75 Å². The number of fused-ring (bicyclic) bond motifs is 1. The summed E-state index contributed by atoms with van der Waals surface area (Å²) in [6.07, 6.45) is 7.29. The second kappa shape index (κ2) is 10.5. The summed E-state index contributed by atoms with van der Waals surface area (Å²) in [5, 5.41) is 4.36. The van der Waals surface area contributed by atoms with Crippen molar-refractivity contribution in [1.82, 2.24) is 14.5 Å². The standard InChI is InChI=1S/C26H25F3N4O2.CH4/c1-16-14-33(15-30-16)22-6-5-17(11-24(22)34-2)10-18-4-3-8-32-9-7-23(35-31-26(18)32)19-12-20(27)25(29)21(28)13-19;/h5-6,10-15,23H,3-4,7-9H2,1-2H3;1H4/b18-10+;/t23-;/m0./s1.